The lowest BCUT2D eigenvalue weighted by atomic mass is 10.1. The lowest BCUT2D eigenvalue weighted by Gasteiger charge is -2.17. The van der Waals surface area contributed by atoms with Gasteiger partial charge in [-0.25, -0.2) is 0 Å². The van der Waals surface area contributed by atoms with Gasteiger partial charge in [0.1, 0.15) is 0 Å². The number of benzene rings is 2. The number of ether oxygens (including phenoxy) is 3. The van der Waals surface area contributed by atoms with Crippen LogP contribution in [0.3, 0.4) is 0 Å². The number of carbonyl (C=O) groups is 1. The first-order valence-corrected chi connectivity index (χ1v) is 7.74. The summed E-state index contributed by atoms with van der Waals surface area (Å²) in [7, 11) is 4.53. The normalized spacial score (nSPS) is 11.5. The molecule has 0 saturated heterocycles. The summed E-state index contributed by atoms with van der Waals surface area (Å²) in [4.78, 5) is 12.6. The Morgan fingerprint density at radius 2 is 1.67 bits per heavy atom. The summed E-state index contributed by atoms with van der Waals surface area (Å²) in [5, 5.41) is 3.56. The second-order valence-electron chi connectivity index (χ2n) is 5.16. The molecule has 0 aliphatic heterocycles. The van der Waals surface area contributed by atoms with E-state index in [-0.39, 0.29) is 11.9 Å². The van der Waals surface area contributed by atoms with Gasteiger partial charge in [0.05, 0.1) is 27.4 Å². The Hall–Kier alpha value is -2.40. The van der Waals surface area contributed by atoms with Crippen molar-refractivity contribution in [2.75, 3.05) is 21.3 Å². The van der Waals surface area contributed by atoms with Crippen LogP contribution in [0.5, 0.6) is 17.2 Å². The Morgan fingerprint density at radius 3 is 2.17 bits per heavy atom. The molecule has 0 fully saturated rings. The second-order valence-corrected chi connectivity index (χ2v) is 5.60. The molecule has 6 heteroatoms. The average Bonchev–Trinajstić information content (AvgIpc) is 2.60. The molecule has 0 heterocycles. The Bertz CT molecular complexity index is 708. The van der Waals surface area contributed by atoms with Crippen LogP contribution in [0.1, 0.15) is 28.9 Å². The van der Waals surface area contributed by atoms with Crippen molar-refractivity contribution in [1.82, 2.24) is 5.32 Å². The first-order valence-electron chi connectivity index (χ1n) is 7.36. The largest absolute Gasteiger partial charge is 0.493 e. The van der Waals surface area contributed by atoms with Crippen molar-refractivity contribution in [1.29, 1.82) is 0 Å². The van der Waals surface area contributed by atoms with Gasteiger partial charge in [-0.15, -0.1) is 0 Å². The van der Waals surface area contributed by atoms with E-state index in [0.29, 0.717) is 27.8 Å². The van der Waals surface area contributed by atoms with E-state index in [1.807, 2.05) is 25.1 Å². The van der Waals surface area contributed by atoms with Crippen molar-refractivity contribution in [2.45, 2.75) is 13.0 Å². The van der Waals surface area contributed by atoms with Crippen LogP contribution in [0, 0.1) is 0 Å². The Kier molecular flexibility index (Phi) is 5.93. The van der Waals surface area contributed by atoms with Crippen molar-refractivity contribution in [3.63, 3.8) is 0 Å². The molecule has 5 nitrogen and oxygen atoms in total. The van der Waals surface area contributed by atoms with Crippen LogP contribution in [0.15, 0.2) is 36.4 Å². The Morgan fingerprint density at radius 1 is 1.04 bits per heavy atom. The van der Waals surface area contributed by atoms with Crippen LogP contribution in [0.25, 0.3) is 0 Å². The summed E-state index contributed by atoms with van der Waals surface area (Å²) in [6.45, 7) is 1.89. The fourth-order valence-electron chi connectivity index (χ4n) is 2.35. The highest BCUT2D eigenvalue weighted by Crippen LogP contribution is 2.38. The summed E-state index contributed by atoms with van der Waals surface area (Å²) in [6, 6.07) is 10.4. The number of carbonyl (C=O) groups excluding carboxylic acids is 1. The fraction of sp³-hybridized carbons (Fsp3) is 0.278. The molecular formula is C18H20ClNO4. The van der Waals surface area contributed by atoms with Crippen LogP contribution in [-0.2, 0) is 0 Å². The molecule has 2 aromatic carbocycles. The number of halogens is 1. The highest BCUT2D eigenvalue weighted by Gasteiger charge is 2.18. The standard InChI is InChI=1S/C18H20ClNO4/c1-11(12-6-5-7-14(19)8-12)20-18(21)13-9-15(22-2)17(24-4)16(10-13)23-3/h5-11H,1-4H3,(H,20,21). The number of nitrogens with one attached hydrogen (secondary N) is 1. The summed E-state index contributed by atoms with van der Waals surface area (Å²) in [5.74, 6) is 1.05. The Labute approximate surface area is 146 Å². The maximum atomic E-state index is 12.6. The van der Waals surface area contributed by atoms with E-state index in [1.165, 1.54) is 21.3 Å². The topological polar surface area (TPSA) is 56.8 Å². The van der Waals surface area contributed by atoms with Gasteiger partial charge in [-0.2, -0.15) is 0 Å². The molecule has 1 N–H and O–H groups in total. The smallest absolute Gasteiger partial charge is 0.252 e. The van der Waals surface area contributed by atoms with Crippen molar-refractivity contribution in [3.05, 3.63) is 52.5 Å². The number of methoxy groups -OCH3 is 3. The third kappa shape index (κ3) is 3.92. The van der Waals surface area contributed by atoms with Crippen LogP contribution < -0.4 is 19.5 Å². The molecule has 0 radical (unpaired) electrons. The summed E-state index contributed by atoms with van der Waals surface area (Å²) in [5.41, 5.74) is 1.33. The van der Waals surface area contributed by atoms with Gasteiger partial charge < -0.3 is 19.5 Å². The monoisotopic (exact) mass is 349 g/mol. The van der Waals surface area contributed by atoms with E-state index in [9.17, 15) is 4.79 Å². The summed E-state index contributed by atoms with van der Waals surface area (Å²) >= 11 is 6.00. The molecule has 0 aliphatic rings. The molecule has 2 rings (SSSR count). The first kappa shape index (κ1) is 17.9. The third-order valence-electron chi connectivity index (χ3n) is 3.62. The van der Waals surface area contributed by atoms with E-state index >= 15 is 0 Å². The minimum atomic E-state index is -0.248. The van der Waals surface area contributed by atoms with Crippen molar-refractivity contribution in [2.24, 2.45) is 0 Å². The van der Waals surface area contributed by atoms with Gasteiger partial charge in [0.2, 0.25) is 5.75 Å². The van der Waals surface area contributed by atoms with Gasteiger partial charge in [-0.1, -0.05) is 23.7 Å². The molecule has 0 saturated carbocycles. The minimum Gasteiger partial charge on any atom is -0.493 e. The zero-order valence-corrected chi connectivity index (χ0v) is 14.8. The van der Waals surface area contributed by atoms with Crippen molar-refractivity contribution >= 4 is 17.5 Å². The number of hydrogen-bond donors (Lipinski definition) is 1. The van der Waals surface area contributed by atoms with Crippen LogP contribution in [-0.4, -0.2) is 27.2 Å². The zero-order chi connectivity index (χ0) is 17.7. The summed E-state index contributed by atoms with van der Waals surface area (Å²) < 4.78 is 15.8. The molecule has 1 unspecified atom stereocenters. The van der Waals surface area contributed by atoms with Gasteiger partial charge in [0.15, 0.2) is 11.5 Å². The van der Waals surface area contributed by atoms with Gasteiger partial charge in [0, 0.05) is 10.6 Å². The molecule has 1 atom stereocenters. The van der Waals surface area contributed by atoms with E-state index in [4.69, 9.17) is 25.8 Å². The quantitative estimate of drug-likeness (QED) is 0.860. The maximum absolute atomic E-state index is 12.6. The predicted octanol–water partition coefficient (Wildman–Crippen LogP) is 3.86. The lowest BCUT2D eigenvalue weighted by Crippen LogP contribution is -2.26. The minimum absolute atomic E-state index is 0.199. The molecule has 128 valence electrons. The highest BCUT2D eigenvalue weighted by atomic mass is 35.5. The number of amides is 1. The van der Waals surface area contributed by atoms with Crippen molar-refractivity contribution < 1.29 is 19.0 Å². The van der Waals surface area contributed by atoms with Gasteiger partial charge in [-0.05, 0) is 36.8 Å². The predicted molar refractivity (Wildman–Crippen MR) is 93.4 cm³/mol. The molecule has 0 spiro atoms. The molecule has 0 bridgehead atoms. The van der Waals surface area contributed by atoms with Gasteiger partial charge >= 0.3 is 0 Å². The van der Waals surface area contributed by atoms with E-state index in [0.717, 1.165) is 5.56 Å². The lowest BCUT2D eigenvalue weighted by molar-refractivity contribution is 0.0939. The van der Waals surface area contributed by atoms with Gasteiger partial charge in [0.25, 0.3) is 5.91 Å². The van der Waals surface area contributed by atoms with E-state index in [1.54, 1.807) is 18.2 Å². The molecule has 2 aromatic rings. The SMILES string of the molecule is COc1cc(C(=O)NC(C)c2cccc(Cl)c2)cc(OC)c1OC. The Balaban J connectivity index is 2.26. The molecule has 0 aliphatic carbocycles. The molecule has 1 amide bonds. The van der Waals surface area contributed by atoms with Crippen molar-refractivity contribution in [3.8, 4) is 17.2 Å². The van der Waals surface area contributed by atoms with E-state index in [2.05, 4.69) is 5.32 Å². The second kappa shape index (κ2) is 7.93. The molecular weight excluding hydrogens is 330 g/mol. The maximum Gasteiger partial charge on any atom is 0.252 e. The van der Waals surface area contributed by atoms with Crippen LogP contribution in [0.2, 0.25) is 5.02 Å². The number of rotatable bonds is 6. The fourth-order valence-corrected chi connectivity index (χ4v) is 2.55. The van der Waals surface area contributed by atoms with Gasteiger partial charge in [-0.3, -0.25) is 4.79 Å². The zero-order valence-electron chi connectivity index (χ0n) is 14.1. The highest BCUT2D eigenvalue weighted by molar-refractivity contribution is 6.30. The van der Waals surface area contributed by atoms with Crippen LogP contribution >= 0.6 is 11.6 Å². The van der Waals surface area contributed by atoms with E-state index < -0.39 is 0 Å². The molecule has 24 heavy (non-hydrogen) atoms. The molecule has 0 aromatic heterocycles. The third-order valence-corrected chi connectivity index (χ3v) is 3.86. The van der Waals surface area contributed by atoms with Crippen LogP contribution in [0.4, 0.5) is 0 Å². The summed E-state index contributed by atoms with van der Waals surface area (Å²) in [6.07, 6.45) is 0. The number of hydrogen-bond acceptors (Lipinski definition) is 4. The average molecular weight is 350 g/mol. The first-order chi connectivity index (χ1) is 11.5.